The quantitative estimate of drug-likeness (QED) is 0.666. The first-order valence-electron chi connectivity index (χ1n) is 4.70. The lowest BCUT2D eigenvalue weighted by Crippen LogP contribution is -1.83. The van der Waals surface area contributed by atoms with Crippen molar-refractivity contribution in [3.05, 3.63) is 30.1 Å². The lowest BCUT2D eigenvalue weighted by molar-refractivity contribution is 0.415. The van der Waals surface area contributed by atoms with Gasteiger partial charge >= 0.3 is 0 Å². The summed E-state index contributed by atoms with van der Waals surface area (Å²) >= 11 is 1.70. The van der Waals surface area contributed by atoms with Gasteiger partial charge in [0.05, 0.1) is 23.0 Å². The number of imidazole rings is 1. The average molecular weight is 255 g/mol. The van der Waals surface area contributed by atoms with Gasteiger partial charge in [-0.2, -0.15) is 0 Å². The maximum atomic E-state index is 5.22. The number of benzene rings is 1. The summed E-state index contributed by atoms with van der Waals surface area (Å²) in [5, 5.41) is 0. The molecule has 0 saturated heterocycles. The Hall–Kier alpha value is -1.26. The van der Waals surface area contributed by atoms with Crippen LogP contribution in [0.4, 0.5) is 0 Å². The predicted molar refractivity (Wildman–Crippen MR) is 69.1 cm³/mol. The van der Waals surface area contributed by atoms with Crippen LogP contribution in [0, 0.1) is 6.92 Å². The van der Waals surface area contributed by atoms with E-state index in [2.05, 4.69) is 15.5 Å². The predicted octanol–water partition coefficient (Wildman–Crippen LogP) is 3.29. The number of ether oxygens (including phenoxy) is 1. The summed E-state index contributed by atoms with van der Waals surface area (Å²) in [6.07, 6.45) is 2.05. The van der Waals surface area contributed by atoms with Crippen LogP contribution in [0.5, 0.6) is 5.75 Å². The fourth-order valence-electron chi connectivity index (χ4n) is 1.72. The monoisotopic (exact) mass is 254 g/mol. The molecule has 16 heavy (non-hydrogen) atoms. The normalized spacial score (nSPS) is 10.6. The molecule has 0 fully saturated rings. The van der Waals surface area contributed by atoms with Crippen molar-refractivity contribution < 1.29 is 4.74 Å². The first-order chi connectivity index (χ1) is 7.28. The van der Waals surface area contributed by atoms with E-state index in [0.717, 1.165) is 21.9 Å². The first kappa shape index (κ1) is 11.2. The molecule has 84 valence electrons. The van der Waals surface area contributed by atoms with Gasteiger partial charge in [-0.25, -0.2) is 4.98 Å². The van der Waals surface area contributed by atoms with Gasteiger partial charge in [0.1, 0.15) is 5.75 Å². The number of hydrogen-bond acceptors (Lipinski definition) is 3. The van der Waals surface area contributed by atoms with Gasteiger partial charge in [0.2, 0.25) is 0 Å². The molecule has 0 atom stereocenters. The molecule has 1 aromatic carbocycles. The topological polar surface area (TPSA) is 26.5 Å². The Morgan fingerprint density at radius 3 is 2.94 bits per heavy atom. The highest BCUT2D eigenvalue weighted by Crippen LogP contribution is 2.29. The van der Waals surface area contributed by atoms with Gasteiger partial charge in [-0.15, -0.1) is 12.4 Å². The average Bonchev–Trinajstić information content (AvgIpc) is 2.73. The Kier molecular flexibility index (Phi) is 2.78. The Bertz CT molecular complexity index is 644. The Morgan fingerprint density at radius 2 is 2.19 bits per heavy atom. The minimum absolute atomic E-state index is 0. The van der Waals surface area contributed by atoms with Crippen molar-refractivity contribution in [1.29, 1.82) is 0 Å². The second-order valence-electron chi connectivity index (χ2n) is 3.47. The van der Waals surface area contributed by atoms with E-state index in [1.807, 2.05) is 25.3 Å². The molecule has 0 N–H and O–H groups in total. The summed E-state index contributed by atoms with van der Waals surface area (Å²) in [6.45, 7) is 2.01. The first-order valence-corrected chi connectivity index (χ1v) is 5.52. The van der Waals surface area contributed by atoms with Crippen LogP contribution in [0.1, 0.15) is 5.69 Å². The number of halogens is 1. The third kappa shape index (κ3) is 1.54. The molecule has 0 aliphatic carbocycles. The molecule has 0 radical (unpaired) electrons. The van der Waals surface area contributed by atoms with Crippen LogP contribution in [0.25, 0.3) is 15.2 Å². The number of nitrogens with zero attached hydrogens (tertiary/aromatic N) is 2. The number of aromatic nitrogens is 2. The molecule has 0 bridgehead atoms. The lowest BCUT2D eigenvalue weighted by Gasteiger charge is -1.98. The van der Waals surface area contributed by atoms with E-state index in [4.69, 9.17) is 4.74 Å². The summed E-state index contributed by atoms with van der Waals surface area (Å²) in [5.74, 6) is 0.883. The van der Waals surface area contributed by atoms with Crippen molar-refractivity contribution in [3.63, 3.8) is 0 Å². The van der Waals surface area contributed by atoms with Crippen molar-refractivity contribution in [3.8, 4) is 5.75 Å². The van der Waals surface area contributed by atoms with Gasteiger partial charge in [0.25, 0.3) is 0 Å². The fourth-order valence-corrected chi connectivity index (χ4v) is 2.75. The molecule has 0 unspecified atom stereocenters. The molecule has 2 heterocycles. The highest BCUT2D eigenvalue weighted by atomic mass is 35.5. The zero-order valence-electron chi connectivity index (χ0n) is 8.93. The molecular formula is C11H11ClN2OS. The second-order valence-corrected chi connectivity index (χ2v) is 4.48. The van der Waals surface area contributed by atoms with Crippen LogP contribution in [0.15, 0.2) is 24.4 Å². The number of hydrogen-bond donors (Lipinski definition) is 0. The number of thiazole rings is 1. The highest BCUT2D eigenvalue weighted by molar-refractivity contribution is 7.23. The van der Waals surface area contributed by atoms with E-state index < -0.39 is 0 Å². The molecular weight excluding hydrogens is 244 g/mol. The molecule has 3 aromatic rings. The maximum Gasteiger partial charge on any atom is 0.194 e. The van der Waals surface area contributed by atoms with Crippen molar-refractivity contribution in [1.82, 2.24) is 9.38 Å². The van der Waals surface area contributed by atoms with Crippen LogP contribution in [-0.2, 0) is 0 Å². The van der Waals surface area contributed by atoms with Gasteiger partial charge in [-0.05, 0) is 19.1 Å². The minimum atomic E-state index is 0. The molecule has 3 rings (SSSR count). The molecule has 2 aromatic heterocycles. The van der Waals surface area contributed by atoms with Crippen LogP contribution in [0.2, 0.25) is 0 Å². The van der Waals surface area contributed by atoms with Crippen LogP contribution in [-0.4, -0.2) is 16.5 Å². The Morgan fingerprint density at radius 1 is 1.38 bits per heavy atom. The zero-order chi connectivity index (χ0) is 10.4. The second kappa shape index (κ2) is 3.96. The van der Waals surface area contributed by atoms with E-state index >= 15 is 0 Å². The van der Waals surface area contributed by atoms with Crippen molar-refractivity contribution in [2.45, 2.75) is 6.92 Å². The van der Waals surface area contributed by atoms with Crippen molar-refractivity contribution in [2.75, 3.05) is 7.11 Å². The van der Waals surface area contributed by atoms with Crippen LogP contribution < -0.4 is 4.74 Å². The maximum absolute atomic E-state index is 5.22. The molecule has 0 aliphatic rings. The number of methoxy groups -OCH3 is 1. The standard InChI is InChI=1S/C11H10N2OS.ClH/c1-7-6-13-9-5-8(14-2)3-4-10(9)15-11(13)12-7;/h3-6H,1-2H3;1H. The molecule has 3 nitrogen and oxygen atoms in total. The largest absolute Gasteiger partial charge is 0.497 e. The van der Waals surface area contributed by atoms with E-state index in [-0.39, 0.29) is 12.4 Å². The van der Waals surface area contributed by atoms with Gasteiger partial charge < -0.3 is 4.74 Å². The van der Waals surface area contributed by atoms with E-state index in [1.54, 1.807) is 18.4 Å². The van der Waals surface area contributed by atoms with E-state index in [0.29, 0.717) is 0 Å². The third-order valence-electron chi connectivity index (χ3n) is 2.42. The number of rotatable bonds is 1. The Balaban J connectivity index is 0.000000963. The summed E-state index contributed by atoms with van der Waals surface area (Å²) in [4.78, 5) is 5.48. The zero-order valence-corrected chi connectivity index (χ0v) is 10.6. The molecule has 0 saturated carbocycles. The molecule has 5 heteroatoms. The highest BCUT2D eigenvalue weighted by Gasteiger charge is 2.07. The van der Waals surface area contributed by atoms with E-state index in [9.17, 15) is 0 Å². The number of aryl methyl sites for hydroxylation is 1. The minimum Gasteiger partial charge on any atom is -0.497 e. The van der Waals surface area contributed by atoms with Crippen molar-refractivity contribution in [2.24, 2.45) is 0 Å². The smallest absolute Gasteiger partial charge is 0.194 e. The summed E-state index contributed by atoms with van der Waals surface area (Å²) < 4.78 is 8.56. The molecule has 0 aliphatic heterocycles. The number of fused-ring (bicyclic) bond motifs is 3. The van der Waals surface area contributed by atoms with Gasteiger partial charge in [-0.1, -0.05) is 11.3 Å². The third-order valence-corrected chi connectivity index (χ3v) is 3.46. The van der Waals surface area contributed by atoms with Crippen LogP contribution >= 0.6 is 23.7 Å². The summed E-state index contributed by atoms with van der Waals surface area (Å²) in [6, 6.07) is 6.09. The summed E-state index contributed by atoms with van der Waals surface area (Å²) in [5.41, 5.74) is 2.21. The summed E-state index contributed by atoms with van der Waals surface area (Å²) in [7, 11) is 1.68. The lowest BCUT2D eigenvalue weighted by atomic mass is 10.3. The van der Waals surface area contributed by atoms with E-state index in [1.165, 1.54) is 4.70 Å². The SMILES string of the molecule is COc1ccc2sc3nc(C)cn3c2c1.Cl. The Labute approximate surface area is 103 Å². The molecule has 0 spiro atoms. The van der Waals surface area contributed by atoms with Gasteiger partial charge in [-0.3, -0.25) is 4.40 Å². The van der Waals surface area contributed by atoms with Gasteiger partial charge in [0.15, 0.2) is 4.96 Å². The van der Waals surface area contributed by atoms with Crippen LogP contribution in [0.3, 0.4) is 0 Å². The molecule has 0 amide bonds. The fraction of sp³-hybridized carbons (Fsp3) is 0.182. The van der Waals surface area contributed by atoms with Crippen molar-refractivity contribution >= 4 is 38.9 Å². The van der Waals surface area contributed by atoms with Gasteiger partial charge in [0, 0.05) is 12.3 Å².